The smallest absolute Gasteiger partial charge is 0.0814 e. The fraction of sp³-hybridized carbons (Fsp3) is 0.667. The van der Waals surface area contributed by atoms with Gasteiger partial charge in [-0.3, -0.25) is 0 Å². The van der Waals surface area contributed by atoms with E-state index in [1.54, 1.807) is 23.5 Å². The first-order chi connectivity index (χ1) is 4.31. The van der Waals surface area contributed by atoms with Crippen LogP contribution < -0.4 is 0 Å². The largest absolute Gasteiger partial charge is 0.198 e. The summed E-state index contributed by atoms with van der Waals surface area (Å²) in [6.07, 6.45) is 2.71. The molecule has 0 fully saturated rings. The average Bonchev–Trinajstić information content (AvgIpc) is 1.89. The molecule has 1 radical (unpaired) electrons. The molecule has 0 aromatic rings. The lowest BCUT2D eigenvalue weighted by Crippen LogP contribution is -1.79. The Morgan fingerprint density at radius 3 is 2.78 bits per heavy atom. The van der Waals surface area contributed by atoms with Crippen LogP contribution in [0.5, 0.6) is 0 Å². The van der Waals surface area contributed by atoms with Gasteiger partial charge in [-0.05, 0) is 13.2 Å². The molecule has 9 heavy (non-hydrogen) atoms. The summed E-state index contributed by atoms with van der Waals surface area (Å²) in [5.74, 6) is 0.934. The van der Waals surface area contributed by atoms with Gasteiger partial charge in [0.05, 0.1) is 10.7 Å². The zero-order chi connectivity index (χ0) is 7.11. The topological polar surface area (TPSA) is 23.8 Å². The lowest BCUT2D eigenvalue weighted by molar-refractivity contribution is 1.24. The summed E-state index contributed by atoms with van der Waals surface area (Å²) < 4.78 is 1.34. The van der Waals surface area contributed by atoms with Gasteiger partial charge in [-0.1, -0.05) is 0 Å². The monoisotopic (exact) mass is 160 g/mol. The molecule has 1 nitrogen and oxygen atoms in total. The van der Waals surface area contributed by atoms with Crippen LogP contribution >= 0.6 is 23.5 Å². The maximum absolute atomic E-state index is 8.17. The van der Waals surface area contributed by atoms with Crippen LogP contribution in [0.3, 0.4) is 0 Å². The van der Waals surface area contributed by atoms with E-state index in [9.17, 15) is 0 Å². The van der Waals surface area contributed by atoms with Gasteiger partial charge in [-0.25, -0.2) is 0 Å². The summed E-state index contributed by atoms with van der Waals surface area (Å²) in [6.45, 7) is 2.08. The van der Waals surface area contributed by atoms with Crippen LogP contribution in [0.15, 0.2) is 0 Å². The van der Waals surface area contributed by atoms with Crippen LogP contribution in [-0.2, 0) is 0 Å². The highest BCUT2D eigenvalue weighted by molar-refractivity contribution is 8.20. The Morgan fingerprint density at radius 1 is 1.67 bits per heavy atom. The minimum Gasteiger partial charge on any atom is -0.198 e. The van der Waals surface area contributed by atoms with Gasteiger partial charge in [0.25, 0.3) is 0 Å². The first kappa shape index (κ1) is 9.19. The van der Waals surface area contributed by atoms with Crippen molar-refractivity contribution >= 4 is 23.5 Å². The van der Waals surface area contributed by atoms with Crippen LogP contribution in [-0.4, -0.2) is 12.0 Å². The molecule has 0 N–H and O–H groups in total. The SMILES string of the molecule is CS[C](C)SCCC#N. The van der Waals surface area contributed by atoms with Crippen LogP contribution in [0.4, 0.5) is 0 Å². The molecule has 0 spiro atoms. The Kier molecular flexibility index (Phi) is 6.45. The molecule has 0 aliphatic rings. The van der Waals surface area contributed by atoms with Gasteiger partial charge >= 0.3 is 0 Å². The van der Waals surface area contributed by atoms with Gasteiger partial charge in [0, 0.05) is 12.2 Å². The number of nitriles is 1. The molecular weight excluding hydrogens is 150 g/mol. The van der Waals surface area contributed by atoms with E-state index in [4.69, 9.17) is 5.26 Å². The summed E-state index contributed by atoms with van der Waals surface area (Å²) in [5.41, 5.74) is 0. The van der Waals surface area contributed by atoms with Crippen molar-refractivity contribution < 1.29 is 0 Å². The van der Waals surface area contributed by atoms with Crippen molar-refractivity contribution in [3.8, 4) is 6.07 Å². The van der Waals surface area contributed by atoms with Gasteiger partial charge in [-0.15, -0.1) is 23.5 Å². The third kappa shape index (κ3) is 6.07. The number of hydrogen-bond acceptors (Lipinski definition) is 3. The fourth-order valence-electron chi connectivity index (χ4n) is 0.299. The standard InChI is InChI=1S/C6H10NS2/c1-6(8-2)9-5-3-4-7/h3,5H2,1-2H3. The molecule has 0 aliphatic carbocycles. The van der Waals surface area contributed by atoms with E-state index in [0.29, 0.717) is 6.42 Å². The van der Waals surface area contributed by atoms with Crippen molar-refractivity contribution in [1.82, 2.24) is 0 Å². The second kappa shape index (κ2) is 6.31. The minimum absolute atomic E-state index is 0.655. The third-order valence-corrected chi connectivity index (χ3v) is 3.05. The zero-order valence-electron chi connectivity index (χ0n) is 5.68. The second-order valence-electron chi connectivity index (χ2n) is 1.45. The van der Waals surface area contributed by atoms with E-state index in [2.05, 4.69) is 19.2 Å². The first-order valence-electron chi connectivity index (χ1n) is 2.68. The molecule has 51 valence electrons. The van der Waals surface area contributed by atoms with E-state index < -0.39 is 0 Å². The molecule has 0 heterocycles. The summed E-state index contributed by atoms with van der Waals surface area (Å²) in [7, 11) is 0. The zero-order valence-corrected chi connectivity index (χ0v) is 7.31. The number of rotatable bonds is 4. The first-order valence-corrected chi connectivity index (χ1v) is 4.89. The average molecular weight is 160 g/mol. The molecule has 0 aliphatic heterocycles. The van der Waals surface area contributed by atoms with Crippen LogP contribution in [0, 0.1) is 15.9 Å². The summed E-state index contributed by atoms with van der Waals surface area (Å²) in [5, 5.41) is 8.17. The van der Waals surface area contributed by atoms with Crippen molar-refractivity contribution in [2.45, 2.75) is 13.3 Å². The van der Waals surface area contributed by atoms with Crippen LogP contribution in [0.1, 0.15) is 13.3 Å². The van der Waals surface area contributed by atoms with E-state index in [1.165, 1.54) is 4.58 Å². The Morgan fingerprint density at radius 2 is 2.33 bits per heavy atom. The normalized spacial score (nSPS) is 9.56. The maximum Gasteiger partial charge on any atom is 0.0814 e. The van der Waals surface area contributed by atoms with E-state index in [-0.39, 0.29) is 0 Å². The molecule has 0 saturated carbocycles. The number of hydrogen-bond donors (Lipinski definition) is 0. The molecule has 0 amide bonds. The van der Waals surface area contributed by atoms with Gasteiger partial charge in [0.1, 0.15) is 0 Å². The molecule has 0 rings (SSSR count). The van der Waals surface area contributed by atoms with Gasteiger partial charge in [0.2, 0.25) is 0 Å². The quantitative estimate of drug-likeness (QED) is 0.590. The Hall–Kier alpha value is 0.190. The number of nitrogens with zero attached hydrogens (tertiary/aromatic N) is 1. The lowest BCUT2D eigenvalue weighted by Gasteiger charge is -2.02. The third-order valence-electron chi connectivity index (χ3n) is 0.807. The van der Waals surface area contributed by atoms with Crippen LogP contribution in [0.2, 0.25) is 0 Å². The van der Waals surface area contributed by atoms with Gasteiger partial charge in [-0.2, -0.15) is 5.26 Å². The maximum atomic E-state index is 8.17. The summed E-state index contributed by atoms with van der Waals surface area (Å²) in [6, 6.07) is 2.10. The van der Waals surface area contributed by atoms with E-state index >= 15 is 0 Å². The second-order valence-corrected chi connectivity index (χ2v) is 4.04. The summed E-state index contributed by atoms with van der Waals surface area (Å²) in [4.78, 5) is 0. The molecule has 3 heteroatoms. The fourth-order valence-corrected chi connectivity index (χ4v) is 1.50. The Bertz CT molecular complexity index is 97.7. The van der Waals surface area contributed by atoms with Crippen molar-refractivity contribution in [2.24, 2.45) is 0 Å². The lowest BCUT2D eigenvalue weighted by atomic mass is 10.6. The van der Waals surface area contributed by atoms with Crippen LogP contribution in [0.25, 0.3) is 0 Å². The van der Waals surface area contributed by atoms with Crippen molar-refractivity contribution in [3.05, 3.63) is 4.58 Å². The highest BCUT2D eigenvalue weighted by Gasteiger charge is 1.97. The molecule has 0 bridgehead atoms. The van der Waals surface area contributed by atoms with Gasteiger partial charge < -0.3 is 0 Å². The Labute approximate surface area is 65.2 Å². The highest BCUT2D eigenvalue weighted by atomic mass is 32.2. The predicted octanol–water partition coefficient (Wildman–Crippen LogP) is 2.51. The van der Waals surface area contributed by atoms with E-state index in [0.717, 1.165) is 5.75 Å². The molecular formula is C6H10NS2. The van der Waals surface area contributed by atoms with Crippen molar-refractivity contribution in [3.63, 3.8) is 0 Å². The predicted molar refractivity (Wildman–Crippen MR) is 45.1 cm³/mol. The molecule has 0 saturated heterocycles. The summed E-state index contributed by atoms with van der Waals surface area (Å²) >= 11 is 3.50. The van der Waals surface area contributed by atoms with Crippen molar-refractivity contribution in [2.75, 3.05) is 12.0 Å². The molecule has 0 atom stereocenters. The molecule has 0 aromatic heterocycles. The minimum atomic E-state index is 0.655. The highest BCUT2D eigenvalue weighted by Crippen LogP contribution is 2.28. The Balaban J connectivity index is 2.99. The van der Waals surface area contributed by atoms with Gasteiger partial charge in [0.15, 0.2) is 0 Å². The number of thioether (sulfide) groups is 2. The molecule has 0 unspecified atom stereocenters. The van der Waals surface area contributed by atoms with E-state index in [1.807, 2.05) is 0 Å². The molecule has 0 aromatic carbocycles. The van der Waals surface area contributed by atoms with Crippen molar-refractivity contribution in [1.29, 1.82) is 5.26 Å².